The van der Waals surface area contributed by atoms with Gasteiger partial charge in [-0.25, -0.2) is 4.79 Å². The third-order valence-corrected chi connectivity index (χ3v) is 17.8. The van der Waals surface area contributed by atoms with Crippen molar-refractivity contribution in [2.45, 2.75) is 226 Å². The van der Waals surface area contributed by atoms with Crippen LogP contribution in [0.1, 0.15) is 128 Å². The highest BCUT2D eigenvalue weighted by atomic mass is 35.5. The fourth-order valence-electron chi connectivity index (χ4n) is 12.9. The molecule has 1 aromatic carbocycles. The number of rotatable bonds is 19. The van der Waals surface area contributed by atoms with Crippen molar-refractivity contribution in [2.24, 2.45) is 46.6 Å². The van der Waals surface area contributed by atoms with Gasteiger partial charge in [-0.1, -0.05) is 71.3 Å². The van der Waals surface area contributed by atoms with Gasteiger partial charge in [0.2, 0.25) is 0 Å². The molecule has 0 spiro atoms. The number of Topliss-reactive ketones (excluding diaryl/α,β-unsaturated/α-hetero) is 1. The minimum atomic E-state index is -1.98. The maximum Gasteiger partial charge on any atom is 0.408 e. The Morgan fingerprint density at radius 3 is 2.26 bits per heavy atom. The number of cyclic esters (lactones) is 1. The second-order valence-electron chi connectivity index (χ2n) is 25.3. The van der Waals surface area contributed by atoms with Gasteiger partial charge in [-0.05, 0) is 103 Å². The predicted molar refractivity (Wildman–Crippen MR) is 320 cm³/mol. The van der Waals surface area contributed by atoms with Gasteiger partial charge in [0, 0.05) is 87.0 Å². The summed E-state index contributed by atoms with van der Waals surface area (Å²) in [6.07, 6.45) is -10.9. The Morgan fingerprint density at radius 2 is 1.58 bits per heavy atom. The monoisotopic (exact) mass is 1230 g/mol. The Hall–Kier alpha value is -4.17. The zero-order chi connectivity index (χ0) is 63.5. The topological polar surface area (TPSA) is 260 Å². The highest BCUT2D eigenvalue weighted by Gasteiger charge is 2.53. The van der Waals surface area contributed by atoms with E-state index in [0.29, 0.717) is 30.8 Å². The number of aromatic nitrogens is 1. The Labute approximate surface area is 513 Å². The molecule has 3 N–H and O–H groups in total. The number of halogens is 1. The molecule has 0 radical (unpaired) electrons. The van der Waals surface area contributed by atoms with E-state index < -0.39 is 145 Å². The molecule has 1 aromatic heterocycles. The average molecular weight is 1240 g/mol. The minimum absolute atomic E-state index is 0.000644. The number of aliphatic hydroxyl groups is 2. The number of alkyl carbamates (subject to hydrolysis) is 1. The van der Waals surface area contributed by atoms with Crippen molar-refractivity contribution in [2.75, 3.05) is 48.1 Å². The molecule has 4 aliphatic heterocycles. The lowest BCUT2D eigenvalue weighted by Crippen LogP contribution is -2.59. The van der Waals surface area contributed by atoms with Crippen molar-refractivity contribution in [3.8, 4) is 0 Å². The van der Waals surface area contributed by atoms with Crippen LogP contribution in [0.5, 0.6) is 0 Å². The molecule has 2 aromatic rings. The molecule has 4 saturated heterocycles. The second-order valence-corrected chi connectivity index (χ2v) is 25.8. The molecule has 4 fully saturated rings. The van der Waals surface area contributed by atoms with Crippen LogP contribution in [0.25, 0.3) is 10.9 Å². The van der Waals surface area contributed by atoms with E-state index in [-0.39, 0.29) is 56.2 Å². The number of hydrogen-bond acceptors (Lipinski definition) is 21. The van der Waals surface area contributed by atoms with Crippen LogP contribution in [0, 0.1) is 41.4 Å². The molecule has 6 rings (SSSR count). The molecule has 1 amide bonds. The third kappa shape index (κ3) is 18.0. The van der Waals surface area contributed by atoms with Gasteiger partial charge in [-0.2, -0.15) is 0 Å². The largest absolute Gasteiger partial charge is 0.461 e. The summed E-state index contributed by atoms with van der Waals surface area (Å²) in [5, 5.41) is 31.4. The Morgan fingerprint density at radius 1 is 0.872 bits per heavy atom. The molecular weight excluding hydrogens is 1140 g/mol. The molecule has 22 nitrogen and oxygen atoms in total. The van der Waals surface area contributed by atoms with Crippen LogP contribution in [-0.2, 0) is 77.7 Å². The average Bonchev–Trinajstić information content (AvgIpc) is 1.32. The summed E-state index contributed by atoms with van der Waals surface area (Å²) >= 11 is 6.28. The van der Waals surface area contributed by atoms with E-state index >= 15 is 9.59 Å². The summed E-state index contributed by atoms with van der Waals surface area (Å²) in [5.41, 5.74) is 0.0554. The number of benzene rings is 1. The van der Waals surface area contributed by atoms with E-state index in [2.05, 4.69) is 27.3 Å². The molecule has 0 bridgehead atoms. The van der Waals surface area contributed by atoms with Crippen molar-refractivity contribution in [3.05, 3.63) is 41.0 Å². The Bertz CT molecular complexity index is 2560. The molecular formula is C63H99ClN4O18. The molecule has 4 aliphatic rings. The van der Waals surface area contributed by atoms with E-state index in [1.807, 2.05) is 60.7 Å². The van der Waals surface area contributed by atoms with Crippen molar-refractivity contribution in [1.29, 1.82) is 0 Å². The molecule has 23 heteroatoms. The lowest BCUT2D eigenvalue weighted by Gasteiger charge is -2.45. The van der Waals surface area contributed by atoms with Crippen LogP contribution in [-0.4, -0.2) is 195 Å². The number of oxime groups is 1. The number of ketones is 1. The minimum Gasteiger partial charge on any atom is -0.461 e. The number of nitrogens with one attached hydrogen (secondary N) is 1. The number of amides is 1. The highest BCUT2D eigenvalue weighted by molar-refractivity contribution is 6.31. The number of aryl methyl sites for hydroxylation is 1. The quantitative estimate of drug-likeness (QED) is 0.0523. The maximum atomic E-state index is 16.0. The number of aliphatic hydroxyl groups excluding tert-OH is 2. The first kappa shape index (κ1) is 70.9. The fraction of sp³-hybridized carbons (Fsp3) is 0.778. The van der Waals surface area contributed by atoms with E-state index in [1.165, 1.54) is 21.3 Å². The number of pyridine rings is 1. The van der Waals surface area contributed by atoms with Crippen LogP contribution in [0.2, 0.25) is 5.02 Å². The summed E-state index contributed by atoms with van der Waals surface area (Å²) in [7, 11) is 6.30. The number of hydrogen-bond donors (Lipinski definition) is 3. The summed E-state index contributed by atoms with van der Waals surface area (Å²) in [6.45, 7) is 24.1. The third-order valence-electron chi connectivity index (χ3n) is 17.6. The van der Waals surface area contributed by atoms with Gasteiger partial charge < -0.3 is 77.4 Å². The second kappa shape index (κ2) is 32.0. The molecule has 5 heterocycles. The van der Waals surface area contributed by atoms with E-state index in [0.717, 1.165) is 16.5 Å². The number of likely N-dealkylation sites (N-methyl/N-ethyl adjacent to an activating group) is 1. The highest BCUT2D eigenvalue weighted by Crippen LogP contribution is 2.41. The van der Waals surface area contributed by atoms with Gasteiger partial charge in [-0.15, -0.1) is 0 Å². The van der Waals surface area contributed by atoms with Crippen molar-refractivity contribution >= 4 is 52.0 Å². The van der Waals surface area contributed by atoms with Crippen molar-refractivity contribution in [3.63, 3.8) is 0 Å². The van der Waals surface area contributed by atoms with Gasteiger partial charge in [-0.3, -0.25) is 19.4 Å². The number of carbonyl (C=O) groups excluding carboxylic acids is 4. The fourth-order valence-corrected chi connectivity index (χ4v) is 13.0. The lowest BCUT2D eigenvalue weighted by molar-refractivity contribution is -0.305. The van der Waals surface area contributed by atoms with Crippen LogP contribution >= 0.6 is 11.6 Å². The van der Waals surface area contributed by atoms with Gasteiger partial charge in [0.05, 0.1) is 60.2 Å². The number of methoxy groups -OCH3 is 2. The van der Waals surface area contributed by atoms with Gasteiger partial charge >= 0.3 is 18.0 Å². The van der Waals surface area contributed by atoms with Crippen LogP contribution in [0.15, 0.2) is 35.6 Å². The molecule has 0 saturated carbocycles. The Balaban J connectivity index is 1.47. The first-order valence-corrected chi connectivity index (χ1v) is 31.0. The number of esters is 2. The van der Waals surface area contributed by atoms with Crippen LogP contribution in [0.4, 0.5) is 4.79 Å². The molecule has 486 valence electrons. The normalized spacial score (nSPS) is 37.3. The number of ether oxygens (including phenoxy) is 11. The van der Waals surface area contributed by atoms with E-state index in [4.69, 9.17) is 68.5 Å². The summed E-state index contributed by atoms with van der Waals surface area (Å²) < 4.78 is 70.8. The zero-order valence-electron chi connectivity index (χ0n) is 53.6. The Kier molecular flexibility index (Phi) is 26.4. The summed E-state index contributed by atoms with van der Waals surface area (Å²) in [4.78, 5) is 71.8. The number of nitrogens with zero attached hydrogens (tertiary/aromatic N) is 3. The first-order valence-electron chi connectivity index (χ1n) is 30.7. The molecule has 86 heavy (non-hydrogen) atoms. The molecule has 22 atom stereocenters. The smallest absolute Gasteiger partial charge is 0.408 e. The van der Waals surface area contributed by atoms with Gasteiger partial charge in [0.15, 0.2) is 30.3 Å². The number of fused-ring (bicyclic) bond motifs is 1. The zero-order valence-corrected chi connectivity index (χ0v) is 54.4. The number of carbonyl (C=O) groups is 4. The van der Waals surface area contributed by atoms with Gasteiger partial charge in [0.25, 0.3) is 0 Å². The predicted octanol–water partition coefficient (Wildman–Crippen LogP) is 7.84. The van der Waals surface area contributed by atoms with Crippen LogP contribution in [0.3, 0.4) is 0 Å². The summed E-state index contributed by atoms with van der Waals surface area (Å²) in [6, 6.07) is 7.44. The van der Waals surface area contributed by atoms with E-state index in [1.54, 1.807) is 59.9 Å². The first-order chi connectivity index (χ1) is 40.6. The van der Waals surface area contributed by atoms with Crippen LogP contribution < -0.4 is 5.32 Å². The van der Waals surface area contributed by atoms with E-state index in [9.17, 15) is 19.8 Å². The van der Waals surface area contributed by atoms with Crippen molar-refractivity contribution in [1.82, 2.24) is 15.2 Å². The molecule has 1 unspecified atom stereocenters. The summed E-state index contributed by atoms with van der Waals surface area (Å²) in [5.74, 6) is -7.50. The SMILES string of the molecule is CON=C1C[C@@H](C)O[C@@H](O[C@@H]2[C@@H](C)[C@H](O[C@H]3C[C@@H](C)N(C)C[C@H](C)O3)[C@@H](C)C(=O)OC([C@@H](C)CO[C@@H]3O[C@H](C)[C@@H](O)[C@@H](OC)[C@H]3OC)[C@H](C)[C@@H](OC(=O)CC(C)C)[C@@H](C)C(=O)[C@@](C)(OC(=O)NCCCc3ccnc4cc(Cl)ccc34)C[C@@H]2C)[C@@H]1O. The standard InChI is InChI=1S/C63H99ClN4O18/c1-32(2)25-48(69)82-54-39(9)53(34(4)31-78-61-57(76-16)56(75-15)50(70)42(12)81-61)84-59(73)41(11)55(83-49-26-35(5)68(14)30-37(7)79-49)38(8)52(85-60-51(71)47(67-77-17)27-36(6)80-60)33(3)29-63(13,58(72)40(54)10)86-62(74)66-23-18-19-43-22-24-65-46-28-44(64)20-21-45(43)46/h20-22,24,28,32-42,49-57,60-61,70-71H,18-19,23,25-27,29-31H2,1-17H3,(H,66,74)/t33-,34-,35+,36+,37-,38+,39-,40+,41+,42+,49-,50+,51+,52-,53?,54+,55-,56+,57+,60-,61+,63-/m0/s1. The van der Waals surface area contributed by atoms with Crippen molar-refractivity contribution < 1.29 is 86.3 Å². The van der Waals surface area contributed by atoms with Gasteiger partial charge in [0.1, 0.15) is 43.7 Å². The molecule has 0 aliphatic carbocycles. The maximum absolute atomic E-state index is 16.0. The lowest BCUT2D eigenvalue weighted by atomic mass is 9.74.